The maximum absolute atomic E-state index is 12.5. The molecule has 0 N–H and O–H groups in total. The Morgan fingerprint density at radius 3 is 2.70 bits per heavy atom. The molecule has 4 aromatic rings. The Labute approximate surface area is 143 Å². The summed E-state index contributed by atoms with van der Waals surface area (Å²) in [5.74, 6) is 0.511. The summed E-state index contributed by atoms with van der Waals surface area (Å²) >= 11 is 4.72. The molecule has 0 aliphatic heterocycles. The van der Waals surface area contributed by atoms with Gasteiger partial charge in [0.1, 0.15) is 0 Å². The molecule has 0 saturated carbocycles. The van der Waals surface area contributed by atoms with Gasteiger partial charge in [0.15, 0.2) is 5.82 Å². The molecule has 0 amide bonds. The van der Waals surface area contributed by atoms with E-state index in [4.69, 9.17) is 0 Å². The van der Waals surface area contributed by atoms with Crippen molar-refractivity contribution in [3.63, 3.8) is 0 Å². The minimum atomic E-state index is -0.157. The van der Waals surface area contributed by atoms with Crippen molar-refractivity contribution in [1.29, 1.82) is 0 Å². The lowest BCUT2D eigenvalue weighted by atomic mass is 10.2. The Hall–Kier alpha value is -2.38. The number of hydrogen-bond acceptors (Lipinski definition) is 5. The Balaban J connectivity index is 1.82. The van der Waals surface area contributed by atoms with Gasteiger partial charge < -0.3 is 0 Å². The highest BCUT2D eigenvalue weighted by Gasteiger charge is 2.11. The fourth-order valence-corrected chi connectivity index (χ4v) is 3.33. The molecule has 3 aromatic heterocycles. The average Bonchev–Trinajstić information content (AvgIpc) is 3.11. The zero-order chi connectivity index (χ0) is 15.8. The molecule has 7 heteroatoms. The molecule has 0 radical (unpaired) electrons. The Morgan fingerprint density at radius 2 is 2.00 bits per heavy atom. The monoisotopic (exact) mass is 384 g/mol. The number of benzene rings is 1. The van der Waals surface area contributed by atoms with Crippen LogP contribution in [0.5, 0.6) is 0 Å². The Kier molecular flexibility index (Phi) is 3.51. The van der Waals surface area contributed by atoms with Crippen molar-refractivity contribution >= 4 is 38.3 Å². The van der Waals surface area contributed by atoms with Gasteiger partial charge in [0.05, 0.1) is 4.53 Å². The topological polar surface area (TPSA) is 60.2 Å². The van der Waals surface area contributed by atoms with E-state index >= 15 is 0 Å². The van der Waals surface area contributed by atoms with Crippen molar-refractivity contribution in [1.82, 2.24) is 19.6 Å². The molecule has 0 aliphatic rings. The molecule has 0 saturated heterocycles. The predicted molar refractivity (Wildman–Crippen MR) is 93.3 cm³/mol. The molecular weight excluding hydrogens is 376 g/mol. The van der Waals surface area contributed by atoms with E-state index in [1.807, 2.05) is 42.5 Å². The first-order chi connectivity index (χ1) is 11.2. The minimum Gasteiger partial charge on any atom is -0.266 e. The first-order valence-electron chi connectivity index (χ1n) is 6.78. The molecular formula is C16H9BrN4OS. The van der Waals surface area contributed by atoms with Crippen LogP contribution in [0.1, 0.15) is 5.56 Å². The minimum absolute atomic E-state index is 0.157. The number of thiazole rings is 1. The Morgan fingerprint density at radius 1 is 1.17 bits per heavy atom. The summed E-state index contributed by atoms with van der Waals surface area (Å²) in [6, 6.07) is 11.4. The van der Waals surface area contributed by atoms with E-state index < -0.39 is 0 Å². The fraction of sp³-hybridized carbons (Fsp3) is 0. The van der Waals surface area contributed by atoms with E-state index in [-0.39, 0.29) is 5.56 Å². The molecule has 23 heavy (non-hydrogen) atoms. The molecule has 0 bridgehead atoms. The second-order valence-corrected chi connectivity index (χ2v) is 6.76. The van der Waals surface area contributed by atoms with Gasteiger partial charge in [-0.25, -0.2) is 0 Å². The average molecular weight is 385 g/mol. The zero-order valence-corrected chi connectivity index (χ0v) is 14.1. The summed E-state index contributed by atoms with van der Waals surface area (Å²) in [6.07, 6.45) is 5.21. The van der Waals surface area contributed by atoms with Gasteiger partial charge in [-0.2, -0.15) is 9.50 Å². The summed E-state index contributed by atoms with van der Waals surface area (Å²) in [7, 11) is 0. The summed E-state index contributed by atoms with van der Waals surface area (Å²) < 4.78 is 2.96. The van der Waals surface area contributed by atoms with E-state index in [0.29, 0.717) is 15.3 Å². The highest BCUT2D eigenvalue weighted by Crippen LogP contribution is 2.15. The normalized spacial score (nSPS) is 12.1. The van der Waals surface area contributed by atoms with Gasteiger partial charge in [0.2, 0.25) is 4.96 Å². The molecule has 0 atom stereocenters. The highest BCUT2D eigenvalue weighted by molar-refractivity contribution is 9.10. The van der Waals surface area contributed by atoms with Crippen LogP contribution in [0.3, 0.4) is 0 Å². The zero-order valence-electron chi connectivity index (χ0n) is 11.7. The maximum Gasteiger partial charge on any atom is 0.291 e. The summed E-state index contributed by atoms with van der Waals surface area (Å²) in [4.78, 5) is 21.5. The van der Waals surface area contributed by atoms with E-state index in [2.05, 4.69) is 31.0 Å². The maximum atomic E-state index is 12.5. The van der Waals surface area contributed by atoms with Crippen LogP contribution in [0.25, 0.3) is 22.4 Å². The van der Waals surface area contributed by atoms with Gasteiger partial charge in [0, 0.05) is 22.4 Å². The lowest BCUT2D eigenvalue weighted by Crippen LogP contribution is -2.23. The van der Waals surface area contributed by atoms with Crippen molar-refractivity contribution in [3.8, 4) is 11.4 Å². The third-order valence-electron chi connectivity index (χ3n) is 3.27. The number of rotatable bonds is 2. The van der Waals surface area contributed by atoms with E-state index in [1.54, 1.807) is 12.4 Å². The Bertz CT molecular complexity index is 1090. The smallest absolute Gasteiger partial charge is 0.266 e. The first kappa shape index (κ1) is 14.2. The van der Waals surface area contributed by atoms with Crippen LogP contribution in [-0.2, 0) is 0 Å². The van der Waals surface area contributed by atoms with Crippen LogP contribution in [-0.4, -0.2) is 19.6 Å². The van der Waals surface area contributed by atoms with Crippen LogP contribution in [0.2, 0.25) is 0 Å². The molecule has 1 aromatic carbocycles. The van der Waals surface area contributed by atoms with Gasteiger partial charge in [0.25, 0.3) is 5.56 Å². The van der Waals surface area contributed by atoms with Crippen molar-refractivity contribution in [2.45, 2.75) is 0 Å². The van der Waals surface area contributed by atoms with Crippen molar-refractivity contribution < 1.29 is 0 Å². The van der Waals surface area contributed by atoms with Crippen molar-refractivity contribution in [2.75, 3.05) is 0 Å². The van der Waals surface area contributed by atoms with E-state index in [9.17, 15) is 4.79 Å². The number of fused-ring (bicyclic) bond motifs is 1. The van der Waals surface area contributed by atoms with Gasteiger partial charge in [-0.05, 0) is 35.9 Å². The fourth-order valence-electron chi connectivity index (χ4n) is 2.16. The largest absolute Gasteiger partial charge is 0.291 e. The third kappa shape index (κ3) is 2.69. The third-order valence-corrected chi connectivity index (χ3v) is 4.76. The SMILES string of the molecule is O=c1c(=Cc2ccc(Br)cc2)sc2nc(-c3cccnc3)nn12. The molecule has 112 valence electrons. The second kappa shape index (κ2) is 5.68. The van der Waals surface area contributed by atoms with Crippen LogP contribution in [0.4, 0.5) is 0 Å². The molecule has 0 fully saturated rings. The summed E-state index contributed by atoms with van der Waals surface area (Å²) in [5.41, 5.74) is 1.60. The molecule has 0 unspecified atom stereocenters. The summed E-state index contributed by atoms with van der Waals surface area (Å²) in [5, 5.41) is 4.29. The first-order valence-corrected chi connectivity index (χ1v) is 8.39. The van der Waals surface area contributed by atoms with E-state index in [1.165, 1.54) is 15.9 Å². The lowest BCUT2D eigenvalue weighted by Gasteiger charge is -1.92. The number of nitrogens with zero attached hydrogens (tertiary/aromatic N) is 4. The van der Waals surface area contributed by atoms with Crippen LogP contribution < -0.4 is 10.1 Å². The van der Waals surface area contributed by atoms with Crippen LogP contribution >= 0.6 is 27.3 Å². The highest BCUT2D eigenvalue weighted by atomic mass is 79.9. The van der Waals surface area contributed by atoms with Crippen molar-refractivity contribution in [2.24, 2.45) is 0 Å². The standard InChI is InChI=1S/C16H9BrN4OS/c17-12-5-3-10(4-6-12)8-13-15(22)21-16(23-13)19-14(20-21)11-2-1-7-18-9-11/h1-9H. The second-order valence-electron chi connectivity index (χ2n) is 4.84. The van der Waals surface area contributed by atoms with Gasteiger partial charge in [-0.1, -0.05) is 39.4 Å². The molecule has 5 nitrogen and oxygen atoms in total. The summed E-state index contributed by atoms with van der Waals surface area (Å²) in [6.45, 7) is 0. The van der Waals surface area contributed by atoms with Crippen LogP contribution in [0, 0.1) is 0 Å². The molecule has 4 rings (SSSR count). The molecule has 0 aliphatic carbocycles. The van der Waals surface area contributed by atoms with Gasteiger partial charge in [-0.3, -0.25) is 9.78 Å². The number of halogens is 1. The number of aromatic nitrogens is 4. The molecule has 0 spiro atoms. The van der Waals surface area contributed by atoms with Gasteiger partial charge in [-0.15, -0.1) is 5.10 Å². The predicted octanol–water partition coefficient (Wildman–Crippen LogP) is 2.52. The number of pyridine rings is 1. The van der Waals surface area contributed by atoms with Crippen LogP contribution in [0.15, 0.2) is 58.1 Å². The lowest BCUT2D eigenvalue weighted by molar-refractivity contribution is 0.936. The van der Waals surface area contributed by atoms with E-state index in [0.717, 1.165) is 15.6 Å². The quantitative estimate of drug-likeness (QED) is 0.532. The van der Waals surface area contributed by atoms with Crippen molar-refractivity contribution in [3.05, 3.63) is 73.7 Å². The van der Waals surface area contributed by atoms with Gasteiger partial charge >= 0.3 is 0 Å². The number of hydrogen-bond donors (Lipinski definition) is 0. The molecule has 3 heterocycles.